The van der Waals surface area contributed by atoms with Crippen LogP contribution in [0.1, 0.15) is 10.4 Å². The molecule has 0 atom stereocenters. The molecule has 0 saturated carbocycles. The lowest BCUT2D eigenvalue weighted by Gasteiger charge is -2.03. The predicted octanol–water partition coefficient (Wildman–Crippen LogP) is 2.53. The van der Waals surface area contributed by atoms with Gasteiger partial charge < -0.3 is 14.2 Å². The van der Waals surface area contributed by atoms with Crippen LogP contribution in [-0.4, -0.2) is 20.8 Å². The number of aromatic carboxylic acids is 1. The van der Waals surface area contributed by atoms with Gasteiger partial charge in [-0.25, -0.2) is 4.79 Å². The molecule has 90 valence electrons. The minimum Gasteiger partial charge on any atom is -0.477 e. The molecule has 0 aliphatic rings. The molecule has 5 nitrogen and oxygen atoms in total. The van der Waals surface area contributed by atoms with Crippen LogP contribution in [0.3, 0.4) is 0 Å². The van der Waals surface area contributed by atoms with Crippen molar-refractivity contribution in [3.8, 4) is 11.3 Å². The monoisotopic (exact) mass is 242 g/mol. The topological polar surface area (TPSA) is 68.3 Å². The van der Waals surface area contributed by atoms with E-state index in [1.54, 1.807) is 0 Å². The van der Waals surface area contributed by atoms with Crippen LogP contribution in [0.2, 0.25) is 0 Å². The van der Waals surface area contributed by atoms with Gasteiger partial charge >= 0.3 is 5.97 Å². The van der Waals surface area contributed by atoms with Crippen molar-refractivity contribution in [2.75, 3.05) is 0 Å². The SMILES string of the molecule is Cn1ccc2cccc(-c3oncc3C(=O)O)c21. The molecule has 18 heavy (non-hydrogen) atoms. The second-order valence-corrected chi connectivity index (χ2v) is 4.04. The number of rotatable bonds is 2. The number of carboxylic acids is 1. The Labute approximate surface area is 102 Å². The van der Waals surface area contributed by atoms with E-state index in [4.69, 9.17) is 9.63 Å². The summed E-state index contributed by atoms with van der Waals surface area (Å²) in [5.41, 5.74) is 1.73. The van der Waals surface area contributed by atoms with E-state index in [-0.39, 0.29) is 11.3 Å². The molecule has 0 saturated heterocycles. The van der Waals surface area contributed by atoms with Gasteiger partial charge in [-0.1, -0.05) is 17.3 Å². The summed E-state index contributed by atoms with van der Waals surface area (Å²) in [6.07, 6.45) is 3.14. The molecular weight excluding hydrogens is 232 g/mol. The van der Waals surface area contributed by atoms with E-state index in [0.717, 1.165) is 16.5 Å². The Kier molecular flexibility index (Phi) is 2.19. The molecule has 5 heteroatoms. The van der Waals surface area contributed by atoms with Crippen molar-refractivity contribution in [2.24, 2.45) is 7.05 Å². The van der Waals surface area contributed by atoms with Crippen molar-refractivity contribution < 1.29 is 14.4 Å². The van der Waals surface area contributed by atoms with E-state index in [1.807, 2.05) is 42.1 Å². The Bertz CT molecular complexity index is 740. The van der Waals surface area contributed by atoms with Gasteiger partial charge in [0.2, 0.25) is 0 Å². The molecule has 2 aromatic heterocycles. The van der Waals surface area contributed by atoms with E-state index < -0.39 is 5.97 Å². The van der Waals surface area contributed by atoms with Crippen molar-refractivity contribution in [3.05, 3.63) is 42.2 Å². The zero-order chi connectivity index (χ0) is 12.7. The lowest BCUT2D eigenvalue weighted by atomic mass is 10.1. The number of carbonyl (C=O) groups is 1. The number of aryl methyl sites for hydroxylation is 1. The number of hydrogen-bond donors (Lipinski definition) is 1. The average Bonchev–Trinajstić information content (AvgIpc) is 2.96. The predicted molar refractivity (Wildman–Crippen MR) is 65.4 cm³/mol. The normalized spacial score (nSPS) is 10.9. The zero-order valence-electron chi connectivity index (χ0n) is 9.62. The number of benzene rings is 1. The first kappa shape index (κ1) is 10.6. The molecule has 0 aliphatic heterocycles. The Morgan fingerprint density at radius 2 is 2.22 bits per heavy atom. The van der Waals surface area contributed by atoms with Gasteiger partial charge in [-0.2, -0.15) is 0 Å². The Hall–Kier alpha value is -2.56. The summed E-state index contributed by atoms with van der Waals surface area (Å²) in [4.78, 5) is 11.1. The van der Waals surface area contributed by atoms with E-state index in [0.29, 0.717) is 0 Å². The highest BCUT2D eigenvalue weighted by Gasteiger charge is 2.19. The second-order valence-electron chi connectivity index (χ2n) is 4.04. The number of hydrogen-bond acceptors (Lipinski definition) is 3. The first-order valence-corrected chi connectivity index (χ1v) is 5.41. The van der Waals surface area contributed by atoms with Gasteiger partial charge in [-0.3, -0.25) is 0 Å². The minimum atomic E-state index is -1.04. The third kappa shape index (κ3) is 1.41. The van der Waals surface area contributed by atoms with Gasteiger partial charge in [0.25, 0.3) is 0 Å². The highest BCUT2D eigenvalue weighted by molar-refractivity contribution is 6.00. The molecule has 0 radical (unpaired) electrons. The molecule has 1 N–H and O–H groups in total. The molecule has 0 bridgehead atoms. The average molecular weight is 242 g/mol. The van der Waals surface area contributed by atoms with E-state index in [2.05, 4.69) is 5.16 Å². The lowest BCUT2D eigenvalue weighted by Crippen LogP contribution is -1.97. The quantitative estimate of drug-likeness (QED) is 0.749. The molecule has 3 aromatic rings. The molecular formula is C13H10N2O3. The van der Waals surface area contributed by atoms with Crippen LogP contribution in [0.5, 0.6) is 0 Å². The van der Waals surface area contributed by atoms with Crippen LogP contribution >= 0.6 is 0 Å². The Morgan fingerprint density at radius 3 is 3.00 bits per heavy atom. The summed E-state index contributed by atoms with van der Waals surface area (Å²) >= 11 is 0. The van der Waals surface area contributed by atoms with Crippen molar-refractivity contribution in [3.63, 3.8) is 0 Å². The van der Waals surface area contributed by atoms with E-state index >= 15 is 0 Å². The summed E-state index contributed by atoms with van der Waals surface area (Å²) in [5, 5.41) is 13.7. The highest BCUT2D eigenvalue weighted by Crippen LogP contribution is 2.31. The number of nitrogens with zero attached hydrogens (tertiary/aromatic N) is 2. The van der Waals surface area contributed by atoms with Gasteiger partial charge in [0.05, 0.1) is 11.7 Å². The molecule has 0 fully saturated rings. The maximum absolute atomic E-state index is 11.1. The first-order chi connectivity index (χ1) is 8.68. The highest BCUT2D eigenvalue weighted by atomic mass is 16.5. The summed E-state index contributed by atoms with van der Waals surface area (Å²) < 4.78 is 7.03. The van der Waals surface area contributed by atoms with Crippen LogP contribution in [0.4, 0.5) is 0 Å². The van der Waals surface area contributed by atoms with Crippen LogP contribution < -0.4 is 0 Å². The van der Waals surface area contributed by atoms with Gasteiger partial charge in [-0.05, 0) is 12.1 Å². The summed E-state index contributed by atoms with van der Waals surface area (Å²) in [6, 6.07) is 7.63. The Morgan fingerprint density at radius 1 is 1.39 bits per heavy atom. The van der Waals surface area contributed by atoms with E-state index in [9.17, 15) is 4.79 Å². The fourth-order valence-corrected chi connectivity index (χ4v) is 2.13. The van der Waals surface area contributed by atoms with Crippen LogP contribution in [-0.2, 0) is 7.05 Å². The molecule has 0 aliphatic carbocycles. The van der Waals surface area contributed by atoms with Crippen molar-refractivity contribution in [1.82, 2.24) is 9.72 Å². The number of para-hydroxylation sites is 1. The van der Waals surface area contributed by atoms with Crippen molar-refractivity contribution in [1.29, 1.82) is 0 Å². The Balaban J connectivity index is 2.35. The molecule has 0 unspecified atom stereocenters. The molecule has 3 rings (SSSR count). The minimum absolute atomic E-state index is 0.0729. The standard InChI is InChI=1S/C13H10N2O3/c1-15-6-5-8-3-2-4-9(11(8)15)12-10(13(16)17)7-14-18-12/h2-7H,1H3,(H,16,17). The lowest BCUT2D eigenvalue weighted by molar-refractivity contribution is 0.0697. The van der Waals surface area contributed by atoms with Gasteiger partial charge in [-0.15, -0.1) is 0 Å². The maximum Gasteiger partial charge on any atom is 0.341 e. The van der Waals surface area contributed by atoms with Crippen molar-refractivity contribution in [2.45, 2.75) is 0 Å². The fraction of sp³-hybridized carbons (Fsp3) is 0.0769. The van der Waals surface area contributed by atoms with Crippen LogP contribution in [0.25, 0.3) is 22.2 Å². The number of carboxylic acid groups (broad SMARTS) is 1. The third-order valence-electron chi connectivity index (χ3n) is 2.94. The summed E-state index contributed by atoms with van der Waals surface area (Å²) in [5.74, 6) is -0.757. The molecule has 0 amide bonds. The second kappa shape index (κ2) is 3.73. The van der Waals surface area contributed by atoms with E-state index in [1.165, 1.54) is 6.20 Å². The van der Waals surface area contributed by atoms with Crippen LogP contribution in [0.15, 0.2) is 41.2 Å². The zero-order valence-corrected chi connectivity index (χ0v) is 9.62. The van der Waals surface area contributed by atoms with Gasteiger partial charge in [0, 0.05) is 24.2 Å². The smallest absolute Gasteiger partial charge is 0.341 e. The molecule has 0 spiro atoms. The van der Waals surface area contributed by atoms with Gasteiger partial charge in [0.1, 0.15) is 5.56 Å². The maximum atomic E-state index is 11.1. The molecule has 1 aromatic carbocycles. The third-order valence-corrected chi connectivity index (χ3v) is 2.94. The summed E-state index contributed by atoms with van der Waals surface area (Å²) in [7, 11) is 1.91. The summed E-state index contributed by atoms with van der Waals surface area (Å²) in [6.45, 7) is 0. The van der Waals surface area contributed by atoms with Gasteiger partial charge in [0.15, 0.2) is 5.76 Å². The number of fused-ring (bicyclic) bond motifs is 1. The fourth-order valence-electron chi connectivity index (χ4n) is 2.13. The molecule has 2 heterocycles. The van der Waals surface area contributed by atoms with Crippen molar-refractivity contribution >= 4 is 16.9 Å². The largest absolute Gasteiger partial charge is 0.477 e. The number of aromatic nitrogens is 2. The first-order valence-electron chi connectivity index (χ1n) is 5.41. The van der Waals surface area contributed by atoms with Crippen LogP contribution in [0, 0.1) is 0 Å².